The zero-order chi connectivity index (χ0) is 21.5. The van der Waals surface area contributed by atoms with Crippen molar-refractivity contribution in [2.75, 3.05) is 19.9 Å². The molecule has 0 aliphatic carbocycles. The predicted molar refractivity (Wildman–Crippen MR) is 121 cm³/mol. The topological polar surface area (TPSA) is 60.2 Å². The van der Waals surface area contributed by atoms with Crippen LogP contribution in [0.25, 0.3) is 11.4 Å². The average Bonchev–Trinajstić information content (AvgIpc) is 3.16. The number of thioether (sulfide) groups is 1. The van der Waals surface area contributed by atoms with Gasteiger partial charge in [0.15, 0.2) is 11.0 Å². The van der Waals surface area contributed by atoms with E-state index in [0.717, 1.165) is 22.7 Å². The number of hydrogen-bond donors (Lipinski definition) is 0. The van der Waals surface area contributed by atoms with E-state index in [1.54, 1.807) is 18.1 Å². The Morgan fingerprint density at radius 1 is 1.17 bits per heavy atom. The molecule has 0 aliphatic heterocycles. The SMILES string of the molecule is C=CCn1c(SCC(=O)N(C)Cc2ccc(C)cc2)nnc1-c1ccc(OC)cc1. The molecule has 3 rings (SSSR count). The molecule has 1 aromatic heterocycles. The van der Waals surface area contributed by atoms with Crippen LogP contribution in [-0.4, -0.2) is 45.5 Å². The number of ether oxygens (including phenoxy) is 1. The minimum absolute atomic E-state index is 0.0414. The molecule has 0 saturated carbocycles. The second-order valence-corrected chi connectivity index (χ2v) is 7.90. The van der Waals surface area contributed by atoms with Crippen LogP contribution in [0.5, 0.6) is 5.75 Å². The van der Waals surface area contributed by atoms with E-state index >= 15 is 0 Å². The summed E-state index contributed by atoms with van der Waals surface area (Å²) in [6.07, 6.45) is 1.80. The zero-order valence-electron chi connectivity index (χ0n) is 17.5. The van der Waals surface area contributed by atoms with Gasteiger partial charge in [0.05, 0.1) is 12.9 Å². The molecule has 0 atom stereocenters. The third kappa shape index (κ3) is 5.30. The Morgan fingerprint density at radius 3 is 2.50 bits per heavy atom. The van der Waals surface area contributed by atoms with Crippen molar-refractivity contribution in [3.8, 4) is 17.1 Å². The molecule has 1 heterocycles. The lowest BCUT2D eigenvalue weighted by Crippen LogP contribution is -2.27. The van der Waals surface area contributed by atoms with Gasteiger partial charge in [0.25, 0.3) is 0 Å². The van der Waals surface area contributed by atoms with Gasteiger partial charge in [-0.15, -0.1) is 16.8 Å². The Bertz CT molecular complexity index is 997. The standard InChI is InChI=1S/C23H26N4O2S/c1-5-14-27-22(19-10-12-20(29-4)13-11-19)24-25-23(27)30-16-21(28)26(3)15-18-8-6-17(2)7-9-18/h5-13H,1,14-16H2,2-4H3. The second kappa shape index (κ2) is 10.1. The summed E-state index contributed by atoms with van der Waals surface area (Å²) in [7, 11) is 3.46. The molecule has 3 aromatic rings. The summed E-state index contributed by atoms with van der Waals surface area (Å²) in [6.45, 7) is 7.02. The monoisotopic (exact) mass is 422 g/mol. The summed E-state index contributed by atoms with van der Waals surface area (Å²) in [4.78, 5) is 14.4. The highest BCUT2D eigenvalue weighted by atomic mass is 32.2. The highest BCUT2D eigenvalue weighted by Gasteiger charge is 2.16. The smallest absolute Gasteiger partial charge is 0.233 e. The van der Waals surface area contributed by atoms with Gasteiger partial charge in [-0.05, 0) is 36.8 Å². The molecule has 0 fully saturated rings. The maximum Gasteiger partial charge on any atom is 0.233 e. The second-order valence-electron chi connectivity index (χ2n) is 6.96. The maximum absolute atomic E-state index is 12.6. The molecule has 0 aliphatic rings. The van der Waals surface area contributed by atoms with Gasteiger partial charge in [-0.2, -0.15) is 0 Å². The molecule has 1 amide bonds. The van der Waals surface area contributed by atoms with Crippen LogP contribution < -0.4 is 4.74 Å². The maximum atomic E-state index is 12.6. The van der Waals surface area contributed by atoms with Crippen molar-refractivity contribution in [3.05, 3.63) is 72.3 Å². The van der Waals surface area contributed by atoms with E-state index in [4.69, 9.17) is 4.74 Å². The summed E-state index contributed by atoms with van der Waals surface area (Å²) >= 11 is 1.39. The summed E-state index contributed by atoms with van der Waals surface area (Å²) in [6, 6.07) is 15.9. The quantitative estimate of drug-likeness (QED) is 0.382. The summed E-state index contributed by atoms with van der Waals surface area (Å²) < 4.78 is 7.18. The number of carbonyl (C=O) groups is 1. The van der Waals surface area contributed by atoms with E-state index < -0.39 is 0 Å². The van der Waals surface area contributed by atoms with Gasteiger partial charge in [0.1, 0.15) is 5.75 Å². The Balaban J connectivity index is 1.68. The minimum Gasteiger partial charge on any atom is -0.497 e. The lowest BCUT2D eigenvalue weighted by molar-refractivity contribution is -0.127. The van der Waals surface area contributed by atoms with Crippen LogP contribution in [0.2, 0.25) is 0 Å². The van der Waals surface area contributed by atoms with Crippen molar-refractivity contribution < 1.29 is 9.53 Å². The summed E-state index contributed by atoms with van der Waals surface area (Å²) in [5.74, 6) is 1.85. The normalized spacial score (nSPS) is 10.6. The third-order valence-corrected chi connectivity index (χ3v) is 5.62. The molecule has 0 bridgehead atoms. The number of amides is 1. The number of benzene rings is 2. The van der Waals surface area contributed by atoms with E-state index in [2.05, 4.69) is 35.8 Å². The number of aryl methyl sites for hydroxylation is 1. The minimum atomic E-state index is 0.0414. The Labute approximate surface area is 181 Å². The van der Waals surface area contributed by atoms with Crippen molar-refractivity contribution >= 4 is 17.7 Å². The number of rotatable bonds is 9. The lowest BCUT2D eigenvalue weighted by Gasteiger charge is -2.17. The molecule has 2 aromatic carbocycles. The Hall–Kier alpha value is -3.06. The third-order valence-electron chi connectivity index (χ3n) is 4.67. The highest BCUT2D eigenvalue weighted by Crippen LogP contribution is 2.26. The zero-order valence-corrected chi connectivity index (χ0v) is 18.4. The molecule has 30 heavy (non-hydrogen) atoms. The van der Waals surface area contributed by atoms with Crippen LogP contribution >= 0.6 is 11.8 Å². The highest BCUT2D eigenvalue weighted by molar-refractivity contribution is 7.99. The molecule has 0 unspecified atom stereocenters. The Morgan fingerprint density at radius 2 is 1.87 bits per heavy atom. The van der Waals surface area contributed by atoms with E-state index in [9.17, 15) is 4.79 Å². The number of carbonyl (C=O) groups excluding carboxylic acids is 1. The van der Waals surface area contributed by atoms with Crippen molar-refractivity contribution in [1.29, 1.82) is 0 Å². The summed E-state index contributed by atoms with van der Waals surface area (Å²) in [5, 5.41) is 9.34. The Kier molecular flexibility index (Phi) is 7.30. The van der Waals surface area contributed by atoms with Gasteiger partial charge in [-0.1, -0.05) is 47.7 Å². The van der Waals surface area contributed by atoms with Crippen LogP contribution in [0.15, 0.2) is 66.3 Å². The first kappa shape index (κ1) is 21.6. The van der Waals surface area contributed by atoms with Crippen molar-refractivity contribution in [2.45, 2.75) is 25.2 Å². The molecule has 156 valence electrons. The van der Waals surface area contributed by atoms with Crippen LogP contribution in [0.3, 0.4) is 0 Å². The molecular formula is C23H26N4O2S. The van der Waals surface area contributed by atoms with Gasteiger partial charge < -0.3 is 9.64 Å². The first-order valence-electron chi connectivity index (χ1n) is 9.62. The van der Waals surface area contributed by atoms with Gasteiger partial charge in [0, 0.05) is 25.7 Å². The number of allylic oxidation sites excluding steroid dienone is 1. The average molecular weight is 423 g/mol. The molecular weight excluding hydrogens is 396 g/mol. The van der Waals surface area contributed by atoms with E-state index in [0.29, 0.717) is 24.0 Å². The first-order valence-corrected chi connectivity index (χ1v) is 10.6. The fourth-order valence-electron chi connectivity index (χ4n) is 2.93. The van der Waals surface area contributed by atoms with Crippen molar-refractivity contribution in [3.63, 3.8) is 0 Å². The van der Waals surface area contributed by atoms with Crippen molar-refractivity contribution in [2.24, 2.45) is 0 Å². The van der Waals surface area contributed by atoms with Crippen LogP contribution in [0, 0.1) is 6.92 Å². The number of nitrogens with zero attached hydrogens (tertiary/aromatic N) is 4. The van der Waals surface area contributed by atoms with Crippen LogP contribution in [0.1, 0.15) is 11.1 Å². The molecule has 0 N–H and O–H groups in total. The molecule has 6 nitrogen and oxygen atoms in total. The lowest BCUT2D eigenvalue weighted by atomic mass is 10.1. The van der Waals surface area contributed by atoms with Gasteiger partial charge in [-0.25, -0.2) is 0 Å². The van der Waals surface area contributed by atoms with Crippen LogP contribution in [0.4, 0.5) is 0 Å². The fourth-order valence-corrected chi connectivity index (χ4v) is 3.82. The number of hydrogen-bond acceptors (Lipinski definition) is 5. The van der Waals surface area contributed by atoms with E-state index in [-0.39, 0.29) is 5.91 Å². The summed E-state index contributed by atoms with van der Waals surface area (Å²) in [5.41, 5.74) is 3.25. The number of methoxy groups -OCH3 is 1. The van der Waals surface area contributed by atoms with E-state index in [1.807, 2.05) is 48.0 Å². The molecule has 0 radical (unpaired) electrons. The van der Waals surface area contributed by atoms with Gasteiger partial charge >= 0.3 is 0 Å². The predicted octanol–water partition coefficient (Wildman–Crippen LogP) is 4.20. The van der Waals surface area contributed by atoms with Crippen LogP contribution in [-0.2, 0) is 17.9 Å². The molecule has 7 heteroatoms. The van der Waals surface area contributed by atoms with E-state index in [1.165, 1.54) is 17.3 Å². The molecule has 0 spiro atoms. The van der Waals surface area contributed by atoms with Crippen molar-refractivity contribution in [1.82, 2.24) is 19.7 Å². The largest absolute Gasteiger partial charge is 0.497 e. The fraction of sp³-hybridized carbons (Fsp3) is 0.261. The number of aromatic nitrogens is 3. The van der Waals surface area contributed by atoms with Gasteiger partial charge in [0.2, 0.25) is 5.91 Å². The molecule has 0 saturated heterocycles. The van der Waals surface area contributed by atoms with Gasteiger partial charge in [-0.3, -0.25) is 9.36 Å². The first-order chi connectivity index (χ1) is 14.5.